The number of aromatic nitrogens is 2. The maximum atomic E-state index is 13.1. The normalized spacial score (nSPS) is 15.2. The molecule has 2 aromatic carbocycles. The fourth-order valence-electron chi connectivity index (χ4n) is 3.22. The molecule has 0 radical (unpaired) electrons. The van der Waals surface area contributed by atoms with Gasteiger partial charge in [-0.3, -0.25) is 4.72 Å². The molecule has 146 valence electrons. The Morgan fingerprint density at radius 1 is 1.14 bits per heavy atom. The van der Waals surface area contributed by atoms with E-state index in [1.807, 2.05) is 0 Å². The van der Waals surface area contributed by atoms with Crippen LogP contribution in [0.15, 0.2) is 55.0 Å². The van der Waals surface area contributed by atoms with Crippen LogP contribution in [-0.2, 0) is 14.8 Å². The van der Waals surface area contributed by atoms with E-state index in [2.05, 4.69) is 9.71 Å². The van der Waals surface area contributed by atoms with Crippen molar-refractivity contribution in [2.24, 2.45) is 0 Å². The Kier molecular flexibility index (Phi) is 4.77. The van der Waals surface area contributed by atoms with Crippen LogP contribution in [0.3, 0.4) is 0 Å². The number of benzene rings is 2. The van der Waals surface area contributed by atoms with Crippen molar-refractivity contribution in [3.8, 4) is 11.4 Å². The summed E-state index contributed by atoms with van der Waals surface area (Å²) in [4.78, 5) is 3.98. The van der Waals surface area contributed by atoms with Crippen LogP contribution in [0.1, 0.15) is 18.4 Å². The number of hydrogen-bond acceptors (Lipinski definition) is 4. The van der Waals surface area contributed by atoms with E-state index in [4.69, 9.17) is 27.9 Å². The molecular formula is C19H17Cl2N3O3S. The molecule has 6 nitrogen and oxygen atoms in total. The Balaban J connectivity index is 1.64. The molecule has 1 aromatic heterocycles. The Morgan fingerprint density at radius 3 is 2.43 bits per heavy atom. The fraction of sp³-hybridized carbons (Fsp3) is 0.211. The zero-order valence-corrected chi connectivity index (χ0v) is 17.2. The number of methoxy groups -OCH3 is 1. The molecule has 0 bridgehead atoms. The summed E-state index contributed by atoms with van der Waals surface area (Å²) in [6.07, 6.45) is 4.33. The van der Waals surface area contributed by atoms with E-state index in [1.54, 1.807) is 59.6 Å². The van der Waals surface area contributed by atoms with E-state index in [1.165, 1.54) is 7.11 Å². The van der Waals surface area contributed by atoms with Gasteiger partial charge in [0.05, 0.1) is 18.5 Å². The summed E-state index contributed by atoms with van der Waals surface area (Å²) >= 11 is 11.8. The lowest BCUT2D eigenvalue weighted by molar-refractivity contribution is 0.413. The third-order valence-electron chi connectivity index (χ3n) is 4.85. The van der Waals surface area contributed by atoms with Gasteiger partial charge in [0.2, 0.25) is 10.0 Å². The minimum absolute atomic E-state index is 0.352. The Hall–Kier alpha value is -2.22. The maximum Gasteiger partial charge on any atom is 0.242 e. The van der Waals surface area contributed by atoms with E-state index in [0.29, 0.717) is 40.1 Å². The van der Waals surface area contributed by atoms with E-state index >= 15 is 0 Å². The van der Waals surface area contributed by atoms with E-state index in [0.717, 1.165) is 5.56 Å². The van der Waals surface area contributed by atoms with Gasteiger partial charge in [-0.15, -0.1) is 0 Å². The van der Waals surface area contributed by atoms with Gasteiger partial charge in [-0.2, -0.15) is 0 Å². The highest BCUT2D eigenvalue weighted by atomic mass is 35.5. The molecule has 4 rings (SSSR count). The largest absolute Gasteiger partial charge is 0.494 e. The topological polar surface area (TPSA) is 73.2 Å². The number of anilines is 1. The molecule has 1 N–H and O–H groups in total. The van der Waals surface area contributed by atoms with Gasteiger partial charge in [0.1, 0.15) is 22.0 Å². The van der Waals surface area contributed by atoms with Crippen molar-refractivity contribution >= 4 is 38.9 Å². The molecule has 1 aliphatic carbocycles. The third-order valence-corrected chi connectivity index (χ3v) is 7.47. The van der Waals surface area contributed by atoms with Crippen molar-refractivity contribution in [3.05, 3.63) is 70.7 Å². The third kappa shape index (κ3) is 3.34. The van der Waals surface area contributed by atoms with Crippen molar-refractivity contribution < 1.29 is 13.2 Å². The number of nitrogens with one attached hydrogen (secondary N) is 1. The molecule has 1 saturated carbocycles. The number of ether oxygens (including phenoxy) is 1. The molecule has 9 heteroatoms. The zero-order valence-electron chi connectivity index (χ0n) is 14.9. The fourth-order valence-corrected chi connectivity index (χ4v) is 5.21. The summed E-state index contributed by atoms with van der Waals surface area (Å²) in [7, 11) is -2.14. The van der Waals surface area contributed by atoms with Gasteiger partial charge in [-0.05, 0) is 42.7 Å². The maximum absolute atomic E-state index is 13.1. The van der Waals surface area contributed by atoms with Gasteiger partial charge in [0.25, 0.3) is 0 Å². The smallest absolute Gasteiger partial charge is 0.242 e. The van der Waals surface area contributed by atoms with Crippen molar-refractivity contribution in [1.82, 2.24) is 9.55 Å². The zero-order chi connectivity index (χ0) is 19.9. The quantitative estimate of drug-likeness (QED) is 0.610. The molecule has 28 heavy (non-hydrogen) atoms. The summed E-state index contributed by atoms with van der Waals surface area (Å²) in [6.45, 7) is 0. The average molecular weight is 438 g/mol. The molecule has 0 aliphatic heterocycles. The molecule has 0 unspecified atom stereocenters. The van der Waals surface area contributed by atoms with Crippen molar-refractivity contribution in [1.29, 1.82) is 0 Å². The first-order chi connectivity index (χ1) is 13.3. The Bertz CT molecular complexity index is 1120. The minimum Gasteiger partial charge on any atom is -0.494 e. The average Bonchev–Trinajstić information content (AvgIpc) is 3.38. The molecule has 1 heterocycles. The molecule has 0 atom stereocenters. The van der Waals surface area contributed by atoms with Crippen LogP contribution in [0.5, 0.6) is 5.75 Å². The predicted molar refractivity (Wildman–Crippen MR) is 110 cm³/mol. The number of imidazole rings is 1. The number of halogens is 2. The molecule has 1 aliphatic rings. The Labute approximate surface area is 173 Å². The monoisotopic (exact) mass is 437 g/mol. The van der Waals surface area contributed by atoms with Crippen molar-refractivity contribution in [3.63, 3.8) is 0 Å². The van der Waals surface area contributed by atoms with Crippen LogP contribution in [0.4, 0.5) is 5.69 Å². The minimum atomic E-state index is -3.65. The van der Waals surface area contributed by atoms with Gasteiger partial charge in [-0.25, -0.2) is 13.4 Å². The van der Waals surface area contributed by atoms with Gasteiger partial charge < -0.3 is 9.30 Å². The summed E-state index contributed by atoms with van der Waals surface area (Å²) in [5, 5.41) is 0.926. The molecule has 0 amide bonds. The lowest BCUT2D eigenvalue weighted by Crippen LogP contribution is -2.27. The van der Waals surface area contributed by atoms with E-state index in [-0.39, 0.29) is 0 Å². The van der Waals surface area contributed by atoms with Crippen LogP contribution >= 0.6 is 23.2 Å². The first-order valence-electron chi connectivity index (χ1n) is 8.51. The first-order valence-corrected chi connectivity index (χ1v) is 10.7. The lowest BCUT2D eigenvalue weighted by Gasteiger charge is -2.19. The second-order valence-corrected chi connectivity index (χ2v) is 9.41. The van der Waals surface area contributed by atoms with Gasteiger partial charge >= 0.3 is 0 Å². The first kappa shape index (κ1) is 19.1. The van der Waals surface area contributed by atoms with E-state index < -0.39 is 14.8 Å². The number of nitrogens with zero attached hydrogens (tertiary/aromatic N) is 2. The predicted octanol–water partition coefficient (Wildman–Crippen LogP) is 4.62. The van der Waals surface area contributed by atoms with E-state index in [9.17, 15) is 8.42 Å². The number of hydrogen-bond donors (Lipinski definition) is 1. The second kappa shape index (κ2) is 6.99. The van der Waals surface area contributed by atoms with Crippen molar-refractivity contribution in [2.45, 2.75) is 17.6 Å². The van der Waals surface area contributed by atoms with Gasteiger partial charge in [0, 0.05) is 17.3 Å². The molecule has 0 spiro atoms. The molecule has 1 fully saturated rings. The van der Waals surface area contributed by atoms with Crippen LogP contribution in [0, 0.1) is 0 Å². The lowest BCUT2D eigenvalue weighted by atomic mass is 10.1. The SMILES string of the molecule is COc1cc(NS(=O)(=O)C2(c3ccc(Cl)cc3)CC2)ccc1-n1cnc(Cl)c1. The summed E-state index contributed by atoms with van der Waals surface area (Å²) in [6, 6.07) is 12.0. The summed E-state index contributed by atoms with van der Waals surface area (Å²) < 4.78 is 35.1. The number of rotatable bonds is 6. The van der Waals surface area contributed by atoms with Gasteiger partial charge in [0.15, 0.2) is 0 Å². The highest BCUT2D eigenvalue weighted by molar-refractivity contribution is 7.94. The highest BCUT2D eigenvalue weighted by Gasteiger charge is 2.56. The summed E-state index contributed by atoms with van der Waals surface area (Å²) in [5.41, 5.74) is 1.86. The van der Waals surface area contributed by atoms with Crippen molar-refractivity contribution in [2.75, 3.05) is 11.8 Å². The van der Waals surface area contributed by atoms with Crippen LogP contribution < -0.4 is 9.46 Å². The number of sulfonamides is 1. The molecular weight excluding hydrogens is 421 g/mol. The second-order valence-electron chi connectivity index (χ2n) is 6.60. The molecule has 0 saturated heterocycles. The summed E-state index contributed by atoms with van der Waals surface area (Å²) in [5.74, 6) is 0.491. The van der Waals surface area contributed by atoms with Crippen LogP contribution in [0.2, 0.25) is 10.2 Å². The Morgan fingerprint density at radius 2 is 1.86 bits per heavy atom. The molecule has 3 aromatic rings. The standard InChI is InChI=1S/C19H17Cl2N3O3S/c1-27-17-10-15(6-7-16(17)24-11-18(21)22-12-24)23-28(25,26)19(8-9-19)13-2-4-14(20)5-3-13/h2-7,10-12,23H,8-9H2,1H3. The van der Waals surface area contributed by atoms with Crippen LogP contribution in [0.25, 0.3) is 5.69 Å². The van der Waals surface area contributed by atoms with Crippen LogP contribution in [-0.4, -0.2) is 25.1 Å². The highest BCUT2D eigenvalue weighted by Crippen LogP contribution is 2.53. The van der Waals surface area contributed by atoms with Gasteiger partial charge in [-0.1, -0.05) is 35.3 Å².